The molecule has 2 aromatic heterocycles. The number of nitrogens with zero attached hydrogens (tertiary/aromatic N) is 2. The van der Waals surface area contributed by atoms with Gasteiger partial charge in [0.2, 0.25) is 0 Å². The molecule has 2 heterocycles. The molecule has 0 saturated heterocycles. The molecule has 0 aliphatic carbocycles. The van der Waals surface area contributed by atoms with Crippen molar-refractivity contribution in [2.24, 2.45) is 0 Å². The van der Waals surface area contributed by atoms with Crippen LogP contribution in [0.3, 0.4) is 0 Å². The minimum Gasteiger partial charge on any atom is -0.304 e. The number of aromatic nitrogens is 3. The molecule has 0 aliphatic rings. The molecular formula is C8H9N3O2S. The minimum atomic E-state index is -0.377. The first kappa shape index (κ1) is 9.14. The average Bonchev–Trinajstić information content (AvgIpc) is 2.50. The molecule has 5 nitrogen and oxygen atoms in total. The topological polar surface area (TPSA) is 67.8 Å². The highest BCUT2D eigenvalue weighted by Gasteiger charge is 2.11. The molecule has 0 aromatic carbocycles. The molecule has 0 radical (unpaired) electrons. The Hall–Kier alpha value is -1.43. The van der Waals surface area contributed by atoms with E-state index >= 15 is 0 Å². The molecular weight excluding hydrogens is 202 g/mol. The zero-order chi connectivity index (χ0) is 10.3. The van der Waals surface area contributed by atoms with Gasteiger partial charge in [0.15, 0.2) is 5.52 Å². The molecule has 0 amide bonds. The number of hydrogen-bond acceptors (Lipinski definition) is 4. The lowest BCUT2D eigenvalue weighted by Gasteiger charge is -2.06. The van der Waals surface area contributed by atoms with Gasteiger partial charge in [-0.25, -0.2) is 4.79 Å². The number of aromatic amines is 1. The number of hydrogen-bond donors (Lipinski definition) is 1. The molecule has 0 saturated carbocycles. The van der Waals surface area contributed by atoms with Crippen LogP contribution in [0, 0.1) is 0 Å². The molecule has 0 fully saturated rings. The summed E-state index contributed by atoms with van der Waals surface area (Å²) in [6, 6.07) is -0.155. The summed E-state index contributed by atoms with van der Waals surface area (Å²) in [6.07, 6.45) is 0. The molecule has 0 spiro atoms. The van der Waals surface area contributed by atoms with E-state index in [-0.39, 0.29) is 17.3 Å². The molecule has 2 rings (SSSR count). The molecule has 14 heavy (non-hydrogen) atoms. The van der Waals surface area contributed by atoms with Crippen LogP contribution >= 0.6 is 11.5 Å². The second-order valence-corrected chi connectivity index (χ2v) is 3.90. The SMILES string of the molecule is CC(C)n1c(=O)[nH]c2csnc2c1=O. The summed E-state index contributed by atoms with van der Waals surface area (Å²) in [7, 11) is 0. The van der Waals surface area contributed by atoms with E-state index in [0.29, 0.717) is 11.0 Å². The van der Waals surface area contributed by atoms with Crippen molar-refractivity contribution >= 4 is 22.6 Å². The molecule has 0 unspecified atom stereocenters. The van der Waals surface area contributed by atoms with Crippen molar-refractivity contribution in [3.63, 3.8) is 0 Å². The molecule has 74 valence electrons. The second-order valence-electron chi connectivity index (χ2n) is 3.28. The van der Waals surface area contributed by atoms with Gasteiger partial charge in [0.25, 0.3) is 5.56 Å². The predicted octanol–water partition coefficient (Wildman–Crippen LogP) is 0.727. The highest BCUT2D eigenvalue weighted by molar-refractivity contribution is 7.04. The summed E-state index contributed by atoms with van der Waals surface area (Å²) < 4.78 is 5.11. The van der Waals surface area contributed by atoms with Crippen LogP contribution in [0.25, 0.3) is 11.0 Å². The summed E-state index contributed by atoms with van der Waals surface area (Å²) in [6.45, 7) is 3.57. The first-order chi connectivity index (χ1) is 6.61. The lowest BCUT2D eigenvalue weighted by Crippen LogP contribution is -2.36. The van der Waals surface area contributed by atoms with Gasteiger partial charge in [-0.2, -0.15) is 4.37 Å². The second kappa shape index (κ2) is 3.06. The number of fused-ring (bicyclic) bond motifs is 1. The Labute approximate surface area is 83.2 Å². The van der Waals surface area contributed by atoms with E-state index in [2.05, 4.69) is 9.36 Å². The van der Waals surface area contributed by atoms with E-state index in [1.165, 1.54) is 4.57 Å². The van der Waals surface area contributed by atoms with E-state index < -0.39 is 0 Å². The smallest absolute Gasteiger partial charge is 0.304 e. The van der Waals surface area contributed by atoms with Crippen LogP contribution in [0.15, 0.2) is 15.0 Å². The molecule has 0 atom stereocenters. The van der Waals surface area contributed by atoms with Gasteiger partial charge in [0.05, 0.1) is 5.52 Å². The number of H-pyrrole nitrogens is 1. The normalized spacial score (nSPS) is 11.4. The summed E-state index contributed by atoms with van der Waals surface area (Å²) in [5.41, 5.74) is 0.155. The van der Waals surface area contributed by atoms with Crippen molar-refractivity contribution in [1.29, 1.82) is 0 Å². The fraction of sp³-hybridized carbons (Fsp3) is 0.375. The van der Waals surface area contributed by atoms with Crippen LogP contribution in [0.2, 0.25) is 0 Å². The fourth-order valence-electron chi connectivity index (χ4n) is 1.33. The van der Waals surface area contributed by atoms with Gasteiger partial charge < -0.3 is 4.98 Å². The number of rotatable bonds is 1. The summed E-state index contributed by atoms with van der Waals surface area (Å²) >= 11 is 1.16. The fourth-order valence-corrected chi connectivity index (χ4v) is 1.94. The van der Waals surface area contributed by atoms with Gasteiger partial charge in [-0.1, -0.05) is 0 Å². The van der Waals surface area contributed by atoms with Gasteiger partial charge >= 0.3 is 5.69 Å². The monoisotopic (exact) mass is 211 g/mol. The summed E-state index contributed by atoms with van der Waals surface area (Å²) in [5.74, 6) is 0. The molecule has 0 aliphatic heterocycles. The quantitative estimate of drug-likeness (QED) is 0.756. The van der Waals surface area contributed by atoms with E-state index in [1.807, 2.05) is 0 Å². The third-order valence-electron chi connectivity index (χ3n) is 1.97. The van der Waals surface area contributed by atoms with E-state index in [4.69, 9.17) is 0 Å². The Morgan fingerprint density at radius 2 is 2.21 bits per heavy atom. The van der Waals surface area contributed by atoms with Crippen molar-refractivity contribution in [3.05, 3.63) is 26.2 Å². The highest BCUT2D eigenvalue weighted by atomic mass is 32.1. The Balaban J connectivity index is 2.97. The molecule has 2 aromatic rings. The maximum atomic E-state index is 11.7. The first-order valence-electron chi connectivity index (χ1n) is 4.20. The highest BCUT2D eigenvalue weighted by Crippen LogP contribution is 2.06. The van der Waals surface area contributed by atoms with Crippen molar-refractivity contribution in [3.8, 4) is 0 Å². The van der Waals surface area contributed by atoms with Crippen molar-refractivity contribution in [2.75, 3.05) is 0 Å². The Kier molecular flexibility index (Phi) is 1.99. The zero-order valence-electron chi connectivity index (χ0n) is 7.77. The molecule has 0 bridgehead atoms. The van der Waals surface area contributed by atoms with Gasteiger partial charge in [-0.15, -0.1) is 0 Å². The van der Waals surface area contributed by atoms with Gasteiger partial charge in [-0.3, -0.25) is 9.36 Å². The van der Waals surface area contributed by atoms with E-state index in [9.17, 15) is 9.59 Å². The van der Waals surface area contributed by atoms with Crippen molar-refractivity contribution in [1.82, 2.24) is 13.9 Å². The maximum absolute atomic E-state index is 11.7. The zero-order valence-corrected chi connectivity index (χ0v) is 8.59. The molecule has 1 N–H and O–H groups in total. The third kappa shape index (κ3) is 1.19. The third-order valence-corrected chi connectivity index (χ3v) is 2.60. The minimum absolute atomic E-state index is 0.155. The van der Waals surface area contributed by atoms with Gasteiger partial charge in [0.1, 0.15) is 0 Å². The van der Waals surface area contributed by atoms with Gasteiger partial charge in [0, 0.05) is 11.4 Å². The van der Waals surface area contributed by atoms with Crippen molar-refractivity contribution in [2.45, 2.75) is 19.9 Å². The Morgan fingerprint density at radius 1 is 1.50 bits per heavy atom. The van der Waals surface area contributed by atoms with Crippen LogP contribution in [0.4, 0.5) is 0 Å². The lowest BCUT2D eigenvalue weighted by molar-refractivity contribution is 0.552. The number of nitrogens with one attached hydrogen (secondary N) is 1. The van der Waals surface area contributed by atoms with E-state index in [1.54, 1.807) is 19.2 Å². The Bertz CT molecular complexity index is 578. The standard InChI is InChI=1S/C8H9N3O2S/c1-4(2)11-7(12)6-5(3-14-10-6)9-8(11)13/h3-4H,1-2H3,(H,9,13). The van der Waals surface area contributed by atoms with E-state index in [0.717, 1.165) is 11.5 Å². The van der Waals surface area contributed by atoms with Crippen LogP contribution in [0.1, 0.15) is 19.9 Å². The van der Waals surface area contributed by atoms with Crippen LogP contribution in [0.5, 0.6) is 0 Å². The van der Waals surface area contributed by atoms with Crippen LogP contribution in [-0.4, -0.2) is 13.9 Å². The predicted molar refractivity (Wildman–Crippen MR) is 54.9 cm³/mol. The molecule has 6 heteroatoms. The van der Waals surface area contributed by atoms with Crippen LogP contribution in [-0.2, 0) is 0 Å². The van der Waals surface area contributed by atoms with Crippen LogP contribution < -0.4 is 11.2 Å². The first-order valence-corrected chi connectivity index (χ1v) is 5.04. The lowest BCUT2D eigenvalue weighted by atomic mass is 10.3. The van der Waals surface area contributed by atoms with Gasteiger partial charge in [-0.05, 0) is 25.4 Å². The van der Waals surface area contributed by atoms with Crippen molar-refractivity contribution < 1.29 is 0 Å². The average molecular weight is 211 g/mol. The largest absolute Gasteiger partial charge is 0.329 e. The summed E-state index contributed by atoms with van der Waals surface area (Å²) in [5, 5.41) is 1.66. The Morgan fingerprint density at radius 3 is 2.86 bits per heavy atom. The summed E-state index contributed by atoms with van der Waals surface area (Å²) in [4.78, 5) is 25.8. The maximum Gasteiger partial charge on any atom is 0.329 e.